The van der Waals surface area contributed by atoms with E-state index >= 15 is 0 Å². The number of aromatic nitrogens is 2. The molecule has 0 radical (unpaired) electrons. The Morgan fingerprint density at radius 2 is 2.24 bits per heavy atom. The Morgan fingerprint density at radius 1 is 1.44 bits per heavy atom. The predicted octanol–water partition coefficient (Wildman–Crippen LogP) is 4.69. The zero-order valence-electron chi connectivity index (χ0n) is 14.2. The summed E-state index contributed by atoms with van der Waals surface area (Å²) in [7, 11) is 0. The highest BCUT2D eigenvalue weighted by Gasteiger charge is 2.20. The molecule has 0 bridgehead atoms. The second kappa shape index (κ2) is 8.74. The molecule has 7 heteroatoms. The summed E-state index contributed by atoms with van der Waals surface area (Å²) in [6.45, 7) is 4.32. The van der Waals surface area contributed by atoms with Crippen molar-refractivity contribution in [2.75, 3.05) is 31.6 Å². The van der Waals surface area contributed by atoms with Crippen molar-refractivity contribution < 1.29 is 4.39 Å². The second-order valence-electron chi connectivity index (χ2n) is 6.12. The van der Waals surface area contributed by atoms with Gasteiger partial charge in [-0.2, -0.15) is 0 Å². The fourth-order valence-electron chi connectivity index (χ4n) is 3.13. The van der Waals surface area contributed by atoms with Crippen LogP contribution in [0.15, 0.2) is 36.2 Å². The number of fused-ring (bicyclic) bond motifs is 1. The van der Waals surface area contributed by atoms with Crippen LogP contribution in [0.4, 0.5) is 10.2 Å². The molecule has 0 aliphatic carbocycles. The van der Waals surface area contributed by atoms with E-state index in [-0.39, 0.29) is 0 Å². The Balaban J connectivity index is 1.58. The van der Waals surface area contributed by atoms with Gasteiger partial charge in [-0.25, -0.2) is 14.4 Å². The number of halogens is 2. The molecular weight excluding hydrogens is 359 g/mol. The van der Waals surface area contributed by atoms with Crippen LogP contribution in [0.1, 0.15) is 19.8 Å². The quantitative estimate of drug-likeness (QED) is 0.738. The minimum atomic E-state index is -0.412. The molecule has 134 valence electrons. The normalized spacial score (nSPS) is 17.6. The third kappa shape index (κ3) is 4.77. The van der Waals surface area contributed by atoms with Crippen LogP contribution in [0.25, 0.3) is 10.2 Å². The number of piperidine rings is 1. The maximum absolute atomic E-state index is 12.6. The third-order valence-corrected chi connectivity index (χ3v) is 5.53. The summed E-state index contributed by atoms with van der Waals surface area (Å²) in [6, 6.07) is 2.30. The number of nitrogens with zero attached hydrogens (tertiary/aromatic N) is 3. The first-order chi connectivity index (χ1) is 12.2. The fraction of sp³-hybridized carbons (Fsp3) is 0.444. The van der Waals surface area contributed by atoms with Crippen molar-refractivity contribution in [2.45, 2.75) is 25.8 Å². The van der Waals surface area contributed by atoms with Gasteiger partial charge in [0.1, 0.15) is 23.7 Å². The monoisotopic (exact) mass is 380 g/mol. The summed E-state index contributed by atoms with van der Waals surface area (Å²) in [6.07, 6.45) is 9.24. The molecule has 0 aromatic carbocycles. The molecule has 3 rings (SSSR count). The van der Waals surface area contributed by atoms with Gasteiger partial charge in [0.2, 0.25) is 0 Å². The Labute approximate surface area is 156 Å². The van der Waals surface area contributed by atoms with Gasteiger partial charge in [0.05, 0.1) is 9.72 Å². The molecule has 0 atom stereocenters. The highest BCUT2D eigenvalue weighted by atomic mass is 35.5. The molecule has 0 saturated carbocycles. The molecule has 3 heterocycles. The average Bonchev–Trinajstić information content (AvgIpc) is 2.98. The van der Waals surface area contributed by atoms with Crippen LogP contribution in [-0.4, -0.2) is 47.2 Å². The lowest BCUT2D eigenvalue weighted by Crippen LogP contribution is -2.40. The lowest BCUT2D eigenvalue weighted by atomic mass is 10.0. The number of alkyl halides is 1. The zero-order valence-corrected chi connectivity index (χ0v) is 15.8. The van der Waals surface area contributed by atoms with Crippen LogP contribution in [0.2, 0.25) is 4.34 Å². The maximum atomic E-state index is 12.6. The van der Waals surface area contributed by atoms with Crippen molar-refractivity contribution in [3.05, 3.63) is 40.5 Å². The fourth-order valence-corrected chi connectivity index (χ4v) is 4.18. The molecule has 0 spiro atoms. The number of nitrogens with one attached hydrogen (secondary N) is 1. The Bertz CT molecular complexity index is 766. The molecule has 1 aliphatic heterocycles. The lowest BCUT2D eigenvalue weighted by Gasteiger charge is -2.32. The Kier molecular flexibility index (Phi) is 6.39. The number of rotatable bonds is 6. The first kappa shape index (κ1) is 18.3. The molecule has 1 aliphatic rings. The van der Waals surface area contributed by atoms with Gasteiger partial charge in [-0.3, -0.25) is 4.90 Å². The van der Waals surface area contributed by atoms with Crippen molar-refractivity contribution in [3.63, 3.8) is 0 Å². The highest BCUT2D eigenvalue weighted by Crippen LogP contribution is 2.32. The van der Waals surface area contributed by atoms with Gasteiger partial charge in [-0.1, -0.05) is 23.8 Å². The van der Waals surface area contributed by atoms with E-state index in [1.807, 2.05) is 25.1 Å². The number of likely N-dealkylation sites (tertiary alicyclic amines) is 1. The number of anilines is 1. The first-order valence-electron chi connectivity index (χ1n) is 8.46. The van der Waals surface area contributed by atoms with Crippen LogP contribution in [0, 0.1) is 0 Å². The third-order valence-electron chi connectivity index (χ3n) is 4.35. The summed E-state index contributed by atoms with van der Waals surface area (Å²) < 4.78 is 13.3. The van der Waals surface area contributed by atoms with Gasteiger partial charge in [-0.15, -0.1) is 11.3 Å². The molecule has 0 unspecified atom stereocenters. The maximum Gasteiger partial charge on any atom is 0.138 e. The molecular formula is C18H22ClFN4S. The zero-order chi connectivity index (χ0) is 17.6. The van der Waals surface area contributed by atoms with Gasteiger partial charge in [-0.05, 0) is 37.5 Å². The molecule has 2 aromatic rings. The summed E-state index contributed by atoms with van der Waals surface area (Å²) in [5.41, 5.74) is 1.04. The summed E-state index contributed by atoms with van der Waals surface area (Å²) in [4.78, 5) is 11.9. The minimum absolute atomic E-state index is 0.378. The van der Waals surface area contributed by atoms with E-state index in [0.717, 1.165) is 58.4 Å². The standard InChI is InChI=1S/C18H22ClFN4S/c1-2-3-13(4-7-20)11-24-8-5-14(6-9-24)23-17-15-10-16(19)25-18(15)22-12-21-17/h2-4,10,12,14H,5-9,11H2,1H3,(H,21,22,23)/b3-2-,13-4+. The summed E-state index contributed by atoms with van der Waals surface area (Å²) in [5, 5.41) is 4.53. The van der Waals surface area contributed by atoms with E-state index in [4.69, 9.17) is 11.6 Å². The van der Waals surface area contributed by atoms with Crippen LogP contribution in [-0.2, 0) is 0 Å². The van der Waals surface area contributed by atoms with Crippen molar-refractivity contribution >= 4 is 39.0 Å². The average molecular weight is 381 g/mol. The molecule has 1 fully saturated rings. The molecule has 1 N–H and O–H groups in total. The lowest BCUT2D eigenvalue weighted by molar-refractivity contribution is 0.236. The van der Waals surface area contributed by atoms with Gasteiger partial charge in [0, 0.05) is 25.7 Å². The van der Waals surface area contributed by atoms with Crippen LogP contribution >= 0.6 is 22.9 Å². The highest BCUT2D eigenvalue weighted by molar-refractivity contribution is 7.22. The molecule has 1 saturated heterocycles. The topological polar surface area (TPSA) is 41.0 Å². The van der Waals surface area contributed by atoms with E-state index in [1.165, 1.54) is 11.3 Å². The summed E-state index contributed by atoms with van der Waals surface area (Å²) in [5.74, 6) is 0.860. The molecule has 2 aromatic heterocycles. The van der Waals surface area contributed by atoms with Crippen molar-refractivity contribution in [1.29, 1.82) is 0 Å². The number of allylic oxidation sites excluding steroid dienone is 2. The largest absolute Gasteiger partial charge is 0.367 e. The predicted molar refractivity (Wildman–Crippen MR) is 104 cm³/mol. The SMILES string of the molecule is C/C=C\C(=C/CF)CN1CCC(Nc2ncnc3sc(Cl)cc23)CC1. The van der Waals surface area contributed by atoms with E-state index in [2.05, 4.69) is 20.2 Å². The number of hydrogen-bond donors (Lipinski definition) is 1. The van der Waals surface area contributed by atoms with Crippen molar-refractivity contribution in [2.24, 2.45) is 0 Å². The Hall–Kier alpha value is -1.50. The van der Waals surface area contributed by atoms with Gasteiger partial charge >= 0.3 is 0 Å². The van der Waals surface area contributed by atoms with Crippen molar-refractivity contribution in [1.82, 2.24) is 14.9 Å². The summed E-state index contributed by atoms with van der Waals surface area (Å²) >= 11 is 7.56. The van der Waals surface area contributed by atoms with Crippen LogP contribution in [0.3, 0.4) is 0 Å². The Morgan fingerprint density at radius 3 is 2.96 bits per heavy atom. The van der Waals surface area contributed by atoms with Crippen LogP contribution < -0.4 is 5.32 Å². The van der Waals surface area contributed by atoms with Gasteiger partial charge in [0.25, 0.3) is 0 Å². The van der Waals surface area contributed by atoms with E-state index < -0.39 is 6.67 Å². The number of thiophene rings is 1. The van der Waals surface area contributed by atoms with Crippen molar-refractivity contribution in [3.8, 4) is 0 Å². The smallest absolute Gasteiger partial charge is 0.138 e. The molecule has 25 heavy (non-hydrogen) atoms. The van der Waals surface area contributed by atoms with Gasteiger partial charge in [0.15, 0.2) is 0 Å². The first-order valence-corrected chi connectivity index (χ1v) is 9.65. The van der Waals surface area contributed by atoms with E-state index in [9.17, 15) is 4.39 Å². The second-order valence-corrected chi connectivity index (χ2v) is 7.78. The number of hydrogen-bond acceptors (Lipinski definition) is 5. The van der Waals surface area contributed by atoms with E-state index in [0.29, 0.717) is 6.04 Å². The van der Waals surface area contributed by atoms with Crippen LogP contribution in [0.5, 0.6) is 0 Å². The van der Waals surface area contributed by atoms with Gasteiger partial charge < -0.3 is 5.32 Å². The molecule has 0 amide bonds. The molecule has 4 nitrogen and oxygen atoms in total. The van der Waals surface area contributed by atoms with E-state index in [1.54, 1.807) is 12.4 Å². The minimum Gasteiger partial charge on any atom is -0.367 e.